The molecule has 0 amide bonds. The second kappa shape index (κ2) is 5.60. The Kier molecular flexibility index (Phi) is 3.99. The van der Waals surface area contributed by atoms with Crippen molar-refractivity contribution < 1.29 is 8.42 Å². The van der Waals surface area contributed by atoms with Gasteiger partial charge in [0, 0.05) is 29.1 Å². The fourth-order valence-corrected chi connectivity index (χ4v) is 5.02. The molecule has 20 heavy (non-hydrogen) atoms. The molecule has 3 heterocycles. The third-order valence-electron chi connectivity index (χ3n) is 3.63. The van der Waals surface area contributed by atoms with E-state index in [0.29, 0.717) is 6.54 Å². The molecule has 1 aliphatic heterocycles. The van der Waals surface area contributed by atoms with Crippen molar-refractivity contribution in [3.05, 3.63) is 44.3 Å². The van der Waals surface area contributed by atoms with E-state index >= 15 is 0 Å². The number of hydrogen-bond acceptors (Lipinski definition) is 5. The van der Waals surface area contributed by atoms with Gasteiger partial charge in [0.05, 0.1) is 11.8 Å². The predicted molar refractivity (Wildman–Crippen MR) is 85.5 cm³/mol. The first kappa shape index (κ1) is 14.3. The molecule has 0 aliphatic carbocycles. The van der Waals surface area contributed by atoms with Crippen molar-refractivity contribution in [1.82, 2.24) is 4.90 Å². The van der Waals surface area contributed by atoms with Crippen LogP contribution in [0.15, 0.2) is 29.0 Å². The third kappa shape index (κ3) is 2.98. The topological polar surface area (TPSA) is 37.4 Å². The molecule has 0 saturated carbocycles. The van der Waals surface area contributed by atoms with Crippen LogP contribution >= 0.6 is 22.7 Å². The average molecular weight is 327 g/mol. The molecule has 0 radical (unpaired) electrons. The van der Waals surface area contributed by atoms with Crippen molar-refractivity contribution in [3.8, 4) is 0 Å². The molecule has 108 valence electrons. The molecule has 0 spiro atoms. The Labute approximate surface area is 127 Å². The molecular formula is C14H17NO2S3. The molecule has 1 atom stereocenters. The number of rotatable bonds is 4. The lowest BCUT2D eigenvalue weighted by atomic mass is 9.99. The maximum absolute atomic E-state index is 11.4. The zero-order valence-electron chi connectivity index (χ0n) is 11.3. The van der Waals surface area contributed by atoms with Crippen LogP contribution in [-0.2, 0) is 16.3 Å². The summed E-state index contributed by atoms with van der Waals surface area (Å²) in [7, 11) is -2.92. The van der Waals surface area contributed by atoms with Crippen molar-refractivity contribution in [2.45, 2.75) is 12.5 Å². The van der Waals surface area contributed by atoms with Gasteiger partial charge in [0.1, 0.15) is 9.84 Å². The van der Waals surface area contributed by atoms with Gasteiger partial charge in [-0.2, -0.15) is 0 Å². The SMILES string of the molecule is CS(=O)(=O)CCN1CCc2sccc2[C@H]1c1cccs1. The summed E-state index contributed by atoms with van der Waals surface area (Å²) in [5, 5.41) is 4.23. The van der Waals surface area contributed by atoms with Crippen molar-refractivity contribution in [2.75, 3.05) is 25.1 Å². The Hall–Kier alpha value is -0.690. The standard InChI is InChI=1S/C14H17NO2S3/c1-20(16,17)10-7-15-6-4-12-11(5-9-19-12)14(15)13-3-2-8-18-13/h2-3,5,8-9,14H,4,6-7,10H2,1H3/t14-/m0/s1. The summed E-state index contributed by atoms with van der Waals surface area (Å²) in [5.41, 5.74) is 1.36. The molecular weight excluding hydrogens is 310 g/mol. The van der Waals surface area contributed by atoms with Gasteiger partial charge in [0.25, 0.3) is 0 Å². The van der Waals surface area contributed by atoms with E-state index in [2.05, 4.69) is 33.9 Å². The Balaban J connectivity index is 1.90. The number of sulfone groups is 1. The van der Waals surface area contributed by atoms with Gasteiger partial charge < -0.3 is 0 Å². The van der Waals surface area contributed by atoms with E-state index in [1.807, 2.05) is 11.3 Å². The summed E-state index contributed by atoms with van der Waals surface area (Å²) in [4.78, 5) is 5.05. The molecule has 0 aromatic carbocycles. The van der Waals surface area contributed by atoms with E-state index in [0.717, 1.165) is 13.0 Å². The van der Waals surface area contributed by atoms with Gasteiger partial charge in [-0.25, -0.2) is 8.42 Å². The van der Waals surface area contributed by atoms with Crippen LogP contribution in [0.25, 0.3) is 0 Å². The van der Waals surface area contributed by atoms with E-state index in [9.17, 15) is 8.42 Å². The molecule has 2 aromatic heterocycles. The number of thiophene rings is 2. The minimum atomic E-state index is -2.92. The van der Waals surface area contributed by atoms with E-state index in [-0.39, 0.29) is 11.8 Å². The van der Waals surface area contributed by atoms with Crippen LogP contribution in [0.4, 0.5) is 0 Å². The quantitative estimate of drug-likeness (QED) is 0.866. The van der Waals surface area contributed by atoms with Crippen molar-refractivity contribution in [1.29, 1.82) is 0 Å². The normalized spacial score (nSPS) is 19.9. The monoisotopic (exact) mass is 327 g/mol. The highest BCUT2D eigenvalue weighted by molar-refractivity contribution is 7.90. The molecule has 3 nitrogen and oxygen atoms in total. The van der Waals surface area contributed by atoms with Gasteiger partial charge in [-0.3, -0.25) is 4.90 Å². The summed E-state index contributed by atoms with van der Waals surface area (Å²) < 4.78 is 22.9. The van der Waals surface area contributed by atoms with Gasteiger partial charge in [-0.15, -0.1) is 22.7 Å². The van der Waals surface area contributed by atoms with Gasteiger partial charge >= 0.3 is 0 Å². The Morgan fingerprint density at radius 2 is 2.15 bits per heavy atom. The molecule has 3 rings (SSSR count). The maximum atomic E-state index is 11.4. The van der Waals surface area contributed by atoms with E-state index in [1.165, 1.54) is 21.6 Å². The summed E-state index contributed by atoms with van der Waals surface area (Å²) >= 11 is 3.56. The summed E-state index contributed by atoms with van der Waals surface area (Å²) in [6.45, 7) is 1.54. The first-order valence-electron chi connectivity index (χ1n) is 6.56. The fourth-order valence-electron chi connectivity index (χ4n) is 2.67. The van der Waals surface area contributed by atoms with Crippen LogP contribution in [0.5, 0.6) is 0 Å². The number of hydrogen-bond donors (Lipinski definition) is 0. The average Bonchev–Trinajstić information content (AvgIpc) is 3.05. The molecule has 0 fully saturated rings. The maximum Gasteiger partial charge on any atom is 0.148 e. The van der Waals surface area contributed by atoms with Gasteiger partial charge in [-0.05, 0) is 34.9 Å². The highest BCUT2D eigenvalue weighted by atomic mass is 32.2. The summed E-state index contributed by atoms with van der Waals surface area (Å²) in [5.74, 6) is 0.231. The van der Waals surface area contributed by atoms with Gasteiger partial charge in [-0.1, -0.05) is 6.07 Å². The van der Waals surface area contributed by atoms with E-state index in [1.54, 1.807) is 11.3 Å². The molecule has 0 saturated heterocycles. The van der Waals surface area contributed by atoms with Crippen molar-refractivity contribution in [2.24, 2.45) is 0 Å². The third-order valence-corrected chi connectivity index (χ3v) is 6.47. The minimum absolute atomic E-state index is 0.228. The van der Waals surface area contributed by atoms with Crippen LogP contribution < -0.4 is 0 Å². The largest absolute Gasteiger partial charge is 0.290 e. The zero-order chi connectivity index (χ0) is 14.2. The summed E-state index contributed by atoms with van der Waals surface area (Å²) in [6, 6.07) is 6.63. The molecule has 0 N–H and O–H groups in total. The second-order valence-corrected chi connectivity index (χ2v) is 9.37. The number of fused-ring (bicyclic) bond motifs is 1. The minimum Gasteiger partial charge on any atom is -0.290 e. The first-order valence-corrected chi connectivity index (χ1v) is 10.4. The lowest BCUT2D eigenvalue weighted by molar-refractivity contribution is 0.231. The fraction of sp³-hybridized carbons (Fsp3) is 0.429. The molecule has 6 heteroatoms. The Bertz CT molecular complexity index is 673. The first-order chi connectivity index (χ1) is 9.54. The van der Waals surface area contributed by atoms with Crippen LogP contribution in [0, 0.1) is 0 Å². The van der Waals surface area contributed by atoms with Crippen LogP contribution in [-0.4, -0.2) is 38.4 Å². The van der Waals surface area contributed by atoms with Crippen LogP contribution in [0.2, 0.25) is 0 Å². The Morgan fingerprint density at radius 1 is 1.30 bits per heavy atom. The van der Waals surface area contributed by atoms with Crippen molar-refractivity contribution >= 4 is 32.5 Å². The highest BCUT2D eigenvalue weighted by Gasteiger charge is 2.30. The van der Waals surface area contributed by atoms with Gasteiger partial charge in [0.15, 0.2) is 0 Å². The number of nitrogens with zero attached hydrogens (tertiary/aromatic N) is 1. The summed E-state index contributed by atoms with van der Waals surface area (Å²) in [6.07, 6.45) is 2.34. The highest BCUT2D eigenvalue weighted by Crippen LogP contribution is 2.39. The lowest BCUT2D eigenvalue weighted by Crippen LogP contribution is -2.38. The Morgan fingerprint density at radius 3 is 2.85 bits per heavy atom. The lowest BCUT2D eigenvalue weighted by Gasteiger charge is -2.35. The second-order valence-electron chi connectivity index (χ2n) is 5.13. The van der Waals surface area contributed by atoms with Crippen molar-refractivity contribution in [3.63, 3.8) is 0 Å². The van der Waals surface area contributed by atoms with E-state index in [4.69, 9.17) is 0 Å². The van der Waals surface area contributed by atoms with Gasteiger partial charge in [0.2, 0.25) is 0 Å². The van der Waals surface area contributed by atoms with E-state index < -0.39 is 9.84 Å². The molecule has 2 aromatic rings. The zero-order valence-corrected chi connectivity index (χ0v) is 13.7. The molecule has 0 unspecified atom stereocenters. The van der Waals surface area contributed by atoms with Crippen LogP contribution in [0.3, 0.4) is 0 Å². The molecule has 0 bridgehead atoms. The predicted octanol–water partition coefficient (Wildman–Crippen LogP) is 2.80. The smallest absolute Gasteiger partial charge is 0.148 e. The molecule has 1 aliphatic rings. The van der Waals surface area contributed by atoms with Crippen LogP contribution in [0.1, 0.15) is 21.4 Å².